The smallest absolute Gasteiger partial charge is 0.220 e. The van der Waals surface area contributed by atoms with Gasteiger partial charge in [-0.3, -0.25) is 9.59 Å². The number of nitrogens with one attached hydrogen (secondary N) is 1. The molecule has 0 saturated carbocycles. The van der Waals surface area contributed by atoms with Gasteiger partial charge in [0, 0.05) is 29.8 Å². The summed E-state index contributed by atoms with van der Waals surface area (Å²) in [5, 5.41) is 2.88. The molecule has 1 N–H and O–H groups in total. The van der Waals surface area contributed by atoms with E-state index < -0.39 is 0 Å². The summed E-state index contributed by atoms with van der Waals surface area (Å²) in [7, 11) is 0. The van der Waals surface area contributed by atoms with E-state index in [1.54, 1.807) is 0 Å². The zero-order chi connectivity index (χ0) is 13.0. The Bertz CT molecular complexity index is 459. The van der Waals surface area contributed by atoms with Crippen LogP contribution >= 0.6 is 15.9 Å². The number of hydrogen-bond donors (Lipinski definition) is 1. The lowest BCUT2D eigenvalue weighted by Gasteiger charge is -2.08. The minimum Gasteiger partial charge on any atom is -0.353 e. The van der Waals surface area contributed by atoms with Gasteiger partial charge in [-0.2, -0.15) is 0 Å². The first-order valence-corrected chi connectivity index (χ1v) is 6.98. The first-order valence-electron chi connectivity index (χ1n) is 6.19. The van der Waals surface area contributed by atoms with E-state index in [1.165, 1.54) is 0 Å². The first kappa shape index (κ1) is 13.3. The van der Waals surface area contributed by atoms with Crippen molar-refractivity contribution in [1.29, 1.82) is 0 Å². The summed E-state index contributed by atoms with van der Waals surface area (Å²) < 4.78 is 0.996. The average Bonchev–Trinajstić information content (AvgIpc) is 2.73. The fourth-order valence-corrected chi connectivity index (χ4v) is 2.64. The van der Waals surface area contributed by atoms with Gasteiger partial charge in [-0.25, -0.2) is 0 Å². The summed E-state index contributed by atoms with van der Waals surface area (Å²) in [6.45, 7) is 0. The Morgan fingerprint density at radius 1 is 1.44 bits per heavy atom. The highest BCUT2D eigenvalue weighted by atomic mass is 79.9. The minimum absolute atomic E-state index is 0.111. The number of rotatable bonds is 5. The van der Waals surface area contributed by atoms with E-state index in [9.17, 15) is 9.59 Å². The van der Waals surface area contributed by atoms with Crippen LogP contribution in [0.4, 0.5) is 0 Å². The van der Waals surface area contributed by atoms with Crippen molar-refractivity contribution in [1.82, 2.24) is 5.32 Å². The zero-order valence-corrected chi connectivity index (χ0v) is 11.7. The number of halogens is 1. The SMILES string of the molecule is O=C(CCC1CCC(=O)N1)Cc1cccc(Br)c1. The Kier molecular flexibility index (Phi) is 4.53. The van der Waals surface area contributed by atoms with E-state index in [1.807, 2.05) is 24.3 Å². The lowest BCUT2D eigenvalue weighted by Crippen LogP contribution is -2.25. The van der Waals surface area contributed by atoms with Gasteiger partial charge in [-0.1, -0.05) is 28.1 Å². The Morgan fingerprint density at radius 2 is 2.28 bits per heavy atom. The highest BCUT2D eigenvalue weighted by Crippen LogP contribution is 2.15. The zero-order valence-electron chi connectivity index (χ0n) is 10.1. The molecule has 1 unspecified atom stereocenters. The molecule has 1 fully saturated rings. The summed E-state index contributed by atoms with van der Waals surface area (Å²) in [4.78, 5) is 22.9. The molecule has 1 aromatic carbocycles. The van der Waals surface area contributed by atoms with E-state index in [-0.39, 0.29) is 17.7 Å². The number of Topliss-reactive ketones (excluding diaryl/α,β-unsaturated/α-hetero) is 1. The van der Waals surface area contributed by atoms with E-state index >= 15 is 0 Å². The Hall–Kier alpha value is -1.16. The Labute approximate surface area is 115 Å². The molecular weight excluding hydrogens is 294 g/mol. The maximum atomic E-state index is 11.8. The topological polar surface area (TPSA) is 46.2 Å². The van der Waals surface area contributed by atoms with Crippen LogP contribution in [0.15, 0.2) is 28.7 Å². The molecule has 18 heavy (non-hydrogen) atoms. The molecule has 0 aliphatic carbocycles. The number of hydrogen-bond acceptors (Lipinski definition) is 2. The maximum Gasteiger partial charge on any atom is 0.220 e. The van der Waals surface area contributed by atoms with Gasteiger partial charge in [0.2, 0.25) is 5.91 Å². The van der Waals surface area contributed by atoms with Crippen LogP contribution in [-0.4, -0.2) is 17.7 Å². The Morgan fingerprint density at radius 3 is 2.94 bits per heavy atom. The molecule has 1 aromatic rings. The van der Waals surface area contributed by atoms with E-state index in [0.717, 1.165) is 22.9 Å². The summed E-state index contributed by atoms with van der Waals surface area (Å²) in [5.41, 5.74) is 1.03. The van der Waals surface area contributed by atoms with Gasteiger partial charge >= 0.3 is 0 Å². The highest BCUT2D eigenvalue weighted by Gasteiger charge is 2.21. The van der Waals surface area contributed by atoms with Crippen molar-refractivity contribution in [2.45, 2.75) is 38.1 Å². The molecule has 0 radical (unpaired) electrons. The van der Waals surface area contributed by atoms with Crippen molar-refractivity contribution >= 4 is 27.6 Å². The highest BCUT2D eigenvalue weighted by molar-refractivity contribution is 9.10. The monoisotopic (exact) mass is 309 g/mol. The van der Waals surface area contributed by atoms with Gasteiger partial charge in [0.05, 0.1) is 0 Å². The predicted molar refractivity (Wildman–Crippen MR) is 73.3 cm³/mol. The van der Waals surface area contributed by atoms with Crippen LogP contribution in [0.3, 0.4) is 0 Å². The quantitative estimate of drug-likeness (QED) is 0.909. The molecule has 1 atom stereocenters. The van der Waals surface area contributed by atoms with Gasteiger partial charge in [-0.05, 0) is 30.5 Å². The molecule has 96 valence electrons. The molecule has 1 heterocycles. The summed E-state index contributed by atoms with van der Waals surface area (Å²) in [6, 6.07) is 8.00. The lowest BCUT2D eigenvalue weighted by atomic mass is 10.0. The molecule has 3 nitrogen and oxygen atoms in total. The van der Waals surface area contributed by atoms with Crippen LogP contribution in [0.5, 0.6) is 0 Å². The number of benzene rings is 1. The molecule has 2 rings (SSSR count). The van der Waals surface area contributed by atoms with Crippen molar-refractivity contribution in [3.05, 3.63) is 34.3 Å². The second-order valence-corrected chi connectivity index (χ2v) is 5.60. The van der Waals surface area contributed by atoms with Crippen molar-refractivity contribution in [2.75, 3.05) is 0 Å². The average molecular weight is 310 g/mol. The van der Waals surface area contributed by atoms with Crippen LogP contribution in [0.2, 0.25) is 0 Å². The van der Waals surface area contributed by atoms with E-state index in [2.05, 4.69) is 21.2 Å². The molecule has 4 heteroatoms. The van der Waals surface area contributed by atoms with Crippen LogP contribution in [0.1, 0.15) is 31.2 Å². The predicted octanol–water partition coefficient (Wildman–Crippen LogP) is 2.62. The molecule has 1 aliphatic rings. The standard InChI is InChI=1S/C14H16BrNO2/c15-11-3-1-2-10(8-11)9-13(17)6-4-12-5-7-14(18)16-12/h1-3,8,12H,4-7,9H2,(H,16,18). The van der Waals surface area contributed by atoms with E-state index in [4.69, 9.17) is 0 Å². The number of carbonyl (C=O) groups excluding carboxylic acids is 2. The number of amides is 1. The fourth-order valence-electron chi connectivity index (χ4n) is 2.19. The second-order valence-electron chi connectivity index (χ2n) is 4.69. The minimum atomic E-state index is 0.111. The van der Waals surface area contributed by atoms with Gasteiger partial charge in [0.25, 0.3) is 0 Å². The third-order valence-corrected chi connectivity index (χ3v) is 3.64. The second kappa shape index (κ2) is 6.14. The van der Waals surface area contributed by atoms with Crippen molar-refractivity contribution in [3.63, 3.8) is 0 Å². The summed E-state index contributed by atoms with van der Waals surface area (Å²) in [6.07, 6.45) is 3.24. The number of carbonyl (C=O) groups is 2. The third kappa shape index (κ3) is 3.95. The van der Waals surface area contributed by atoms with Gasteiger partial charge in [0.15, 0.2) is 0 Å². The molecular formula is C14H16BrNO2. The lowest BCUT2D eigenvalue weighted by molar-refractivity contribution is -0.120. The van der Waals surface area contributed by atoms with Crippen molar-refractivity contribution < 1.29 is 9.59 Å². The van der Waals surface area contributed by atoms with Gasteiger partial charge in [0.1, 0.15) is 5.78 Å². The molecule has 1 saturated heterocycles. The molecule has 0 bridgehead atoms. The van der Waals surface area contributed by atoms with E-state index in [0.29, 0.717) is 19.3 Å². The maximum absolute atomic E-state index is 11.8. The van der Waals surface area contributed by atoms with Crippen LogP contribution < -0.4 is 5.32 Å². The summed E-state index contributed by atoms with van der Waals surface area (Å²) in [5.74, 6) is 0.341. The largest absolute Gasteiger partial charge is 0.353 e. The number of ketones is 1. The van der Waals surface area contributed by atoms with Crippen molar-refractivity contribution in [3.8, 4) is 0 Å². The molecule has 0 spiro atoms. The summed E-state index contributed by atoms with van der Waals surface area (Å²) >= 11 is 3.39. The molecule has 1 amide bonds. The normalized spacial score (nSPS) is 18.7. The van der Waals surface area contributed by atoms with Crippen LogP contribution in [-0.2, 0) is 16.0 Å². The first-order chi connectivity index (χ1) is 8.63. The molecule has 0 aromatic heterocycles. The van der Waals surface area contributed by atoms with Gasteiger partial charge < -0.3 is 5.32 Å². The van der Waals surface area contributed by atoms with Crippen LogP contribution in [0.25, 0.3) is 0 Å². The van der Waals surface area contributed by atoms with Crippen LogP contribution in [0, 0.1) is 0 Å². The Balaban J connectivity index is 1.77. The third-order valence-electron chi connectivity index (χ3n) is 3.15. The van der Waals surface area contributed by atoms with Gasteiger partial charge in [-0.15, -0.1) is 0 Å². The fraction of sp³-hybridized carbons (Fsp3) is 0.429. The molecule has 1 aliphatic heterocycles. The van der Waals surface area contributed by atoms with Crippen molar-refractivity contribution in [2.24, 2.45) is 0 Å².